The molecule has 0 spiro atoms. The summed E-state index contributed by atoms with van der Waals surface area (Å²) in [6.45, 7) is 6.13. The number of ether oxygens (including phenoxy) is 3. The van der Waals surface area contributed by atoms with Gasteiger partial charge in [-0.15, -0.1) is 0 Å². The molecule has 30 heavy (non-hydrogen) atoms. The van der Waals surface area contributed by atoms with Crippen LogP contribution >= 0.6 is 0 Å². The van der Waals surface area contributed by atoms with Crippen LogP contribution in [0.15, 0.2) is 30.6 Å². The molecule has 1 aromatic carbocycles. The molecule has 2 aromatic rings. The highest BCUT2D eigenvalue weighted by Gasteiger charge is 2.29. The highest BCUT2D eigenvalue weighted by Crippen LogP contribution is 2.36. The van der Waals surface area contributed by atoms with Gasteiger partial charge in [0.05, 0.1) is 4.92 Å². The molecule has 11 nitrogen and oxygen atoms in total. The fraction of sp³-hybridized carbons (Fsp3) is 0.368. The van der Waals surface area contributed by atoms with Gasteiger partial charge in [0.2, 0.25) is 5.82 Å². The summed E-state index contributed by atoms with van der Waals surface area (Å²) in [6.07, 6.45) is 1.08. The second-order valence-electron chi connectivity index (χ2n) is 7.22. The topological polar surface area (TPSA) is 134 Å². The van der Waals surface area contributed by atoms with Gasteiger partial charge in [-0.3, -0.25) is 19.7 Å². The van der Waals surface area contributed by atoms with Crippen LogP contribution in [0.5, 0.6) is 17.4 Å². The SMILES string of the molecule is CC(=O)Oc1cccc(Oc2ncnc(N(C)CC(=O)OC(C)(C)C)c2[N+](=O)[O-])c1. The van der Waals surface area contributed by atoms with Crippen molar-refractivity contribution in [2.75, 3.05) is 18.5 Å². The summed E-state index contributed by atoms with van der Waals surface area (Å²) in [7, 11) is 1.46. The third-order valence-electron chi connectivity index (χ3n) is 3.38. The fourth-order valence-electron chi connectivity index (χ4n) is 2.39. The molecule has 2 rings (SSSR count). The molecule has 11 heteroatoms. The second-order valence-corrected chi connectivity index (χ2v) is 7.22. The van der Waals surface area contributed by atoms with Crippen LogP contribution in [0.1, 0.15) is 27.7 Å². The quantitative estimate of drug-likeness (QED) is 0.286. The predicted molar refractivity (Wildman–Crippen MR) is 106 cm³/mol. The van der Waals surface area contributed by atoms with Crippen molar-refractivity contribution in [3.05, 3.63) is 40.7 Å². The summed E-state index contributed by atoms with van der Waals surface area (Å²) in [4.78, 5) is 43.2. The Hall–Kier alpha value is -3.76. The molecule has 0 saturated carbocycles. The number of carbonyl (C=O) groups is 2. The third-order valence-corrected chi connectivity index (χ3v) is 3.38. The summed E-state index contributed by atoms with van der Waals surface area (Å²) in [5, 5.41) is 11.7. The number of benzene rings is 1. The predicted octanol–water partition coefficient (Wildman–Crippen LogP) is 2.88. The molecule has 0 unspecified atom stereocenters. The largest absolute Gasteiger partial charge is 0.459 e. The molecular formula is C19H22N4O7. The van der Waals surface area contributed by atoms with Crippen LogP contribution in [0.3, 0.4) is 0 Å². The van der Waals surface area contributed by atoms with Gasteiger partial charge in [-0.05, 0) is 32.9 Å². The number of likely N-dealkylation sites (N-methyl/N-ethyl adjacent to an activating group) is 1. The first-order valence-corrected chi connectivity index (χ1v) is 8.85. The zero-order chi connectivity index (χ0) is 22.5. The van der Waals surface area contributed by atoms with E-state index in [0.29, 0.717) is 0 Å². The van der Waals surface area contributed by atoms with Gasteiger partial charge in [0.15, 0.2) is 0 Å². The molecular weight excluding hydrogens is 396 g/mol. The Labute approximate surface area is 172 Å². The number of nitro groups is 1. The number of aromatic nitrogens is 2. The Bertz CT molecular complexity index is 956. The normalized spacial score (nSPS) is 10.8. The fourth-order valence-corrected chi connectivity index (χ4v) is 2.39. The van der Waals surface area contributed by atoms with E-state index >= 15 is 0 Å². The van der Waals surface area contributed by atoms with Gasteiger partial charge in [0.1, 0.15) is 30.0 Å². The minimum atomic E-state index is -0.702. The van der Waals surface area contributed by atoms with Crippen LogP contribution in [0.25, 0.3) is 0 Å². The van der Waals surface area contributed by atoms with Gasteiger partial charge in [-0.1, -0.05) is 6.07 Å². The van der Waals surface area contributed by atoms with Crippen LogP contribution in [0, 0.1) is 10.1 Å². The van der Waals surface area contributed by atoms with E-state index in [9.17, 15) is 19.7 Å². The molecule has 1 aromatic heterocycles. The molecule has 1 heterocycles. The number of anilines is 1. The van der Waals surface area contributed by atoms with Crippen molar-refractivity contribution in [2.45, 2.75) is 33.3 Å². The van der Waals surface area contributed by atoms with Crippen LogP contribution in [-0.2, 0) is 14.3 Å². The van der Waals surface area contributed by atoms with Crippen LogP contribution in [0.2, 0.25) is 0 Å². The van der Waals surface area contributed by atoms with Crippen LogP contribution in [-0.4, -0.2) is 46.0 Å². The summed E-state index contributed by atoms with van der Waals surface area (Å²) >= 11 is 0. The first-order valence-electron chi connectivity index (χ1n) is 8.85. The highest BCUT2D eigenvalue weighted by atomic mass is 16.6. The zero-order valence-electron chi connectivity index (χ0n) is 17.2. The van der Waals surface area contributed by atoms with E-state index in [1.807, 2.05) is 0 Å². The van der Waals surface area contributed by atoms with Crippen molar-refractivity contribution in [1.82, 2.24) is 9.97 Å². The molecule has 0 aliphatic heterocycles. The lowest BCUT2D eigenvalue weighted by Gasteiger charge is -2.23. The van der Waals surface area contributed by atoms with Gasteiger partial charge in [-0.25, -0.2) is 4.98 Å². The molecule has 0 saturated heterocycles. The maximum Gasteiger partial charge on any atom is 0.373 e. The molecule has 0 atom stereocenters. The monoisotopic (exact) mass is 418 g/mol. The number of hydrogen-bond donors (Lipinski definition) is 0. The lowest BCUT2D eigenvalue weighted by Crippen LogP contribution is -2.33. The molecule has 0 radical (unpaired) electrons. The van der Waals surface area contributed by atoms with Gasteiger partial charge in [0, 0.05) is 20.0 Å². The van der Waals surface area contributed by atoms with Crippen molar-refractivity contribution in [3.8, 4) is 17.4 Å². The third kappa shape index (κ3) is 6.40. The Balaban J connectivity index is 2.31. The van der Waals surface area contributed by atoms with Crippen molar-refractivity contribution < 1.29 is 28.7 Å². The maximum atomic E-state index is 12.1. The van der Waals surface area contributed by atoms with E-state index < -0.39 is 28.2 Å². The average molecular weight is 418 g/mol. The van der Waals surface area contributed by atoms with Gasteiger partial charge in [-0.2, -0.15) is 4.98 Å². The van der Waals surface area contributed by atoms with E-state index in [1.165, 1.54) is 37.1 Å². The summed E-state index contributed by atoms with van der Waals surface area (Å²) in [5.41, 5.74) is -1.22. The van der Waals surface area contributed by atoms with Gasteiger partial charge in [0.25, 0.3) is 0 Å². The van der Waals surface area contributed by atoms with Crippen molar-refractivity contribution in [2.24, 2.45) is 0 Å². The minimum Gasteiger partial charge on any atom is -0.459 e. The second kappa shape index (κ2) is 9.16. The molecule has 0 amide bonds. The highest BCUT2D eigenvalue weighted by molar-refractivity contribution is 5.77. The van der Waals surface area contributed by atoms with E-state index in [0.717, 1.165) is 6.33 Å². The van der Waals surface area contributed by atoms with Gasteiger partial charge >= 0.3 is 23.5 Å². The smallest absolute Gasteiger partial charge is 0.373 e. The number of nitrogens with zero attached hydrogens (tertiary/aromatic N) is 4. The molecule has 0 bridgehead atoms. The standard InChI is InChI=1S/C19H22N4O7/c1-12(24)28-13-7-6-8-14(9-13)29-18-16(23(26)27)17(20-11-21-18)22(5)10-15(25)30-19(2,3)4/h6-9,11H,10H2,1-5H3. The van der Waals surface area contributed by atoms with Crippen molar-refractivity contribution in [1.29, 1.82) is 0 Å². The Morgan fingerprint density at radius 2 is 1.87 bits per heavy atom. The van der Waals surface area contributed by atoms with E-state index in [2.05, 4.69) is 9.97 Å². The van der Waals surface area contributed by atoms with E-state index in [-0.39, 0.29) is 29.7 Å². The van der Waals surface area contributed by atoms with Crippen molar-refractivity contribution in [3.63, 3.8) is 0 Å². The lowest BCUT2D eigenvalue weighted by atomic mass is 10.2. The van der Waals surface area contributed by atoms with Crippen LogP contribution in [0.4, 0.5) is 11.5 Å². The summed E-state index contributed by atoms with van der Waals surface area (Å²) in [5.74, 6) is -1.18. The lowest BCUT2D eigenvalue weighted by molar-refractivity contribution is -0.385. The first-order chi connectivity index (χ1) is 14.0. The number of esters is 2. The zero-order valence-corrected chi connectivity index (χ0v) is 17.2. The van der Waals surface area contributed by atoms with Crippen LogP contribution < -0.4 is 14.4 Å². The molecule has 0 N–H and O–H groups in total. The van der Waals surface area contributed by atoms with Crippen molar-refractivity contribution >= 4 is 23.4 Å². The number of carbonyl (C=O) groups excluding carboxylic acids is 2. The molecule has 0 aliphatic carbocycles. The van der Waals surface area contributed by atoms with E-state index in [4.69, 9.17) is 14.2 Å². The first kappa shape index (κ1) is 22.5. The Kier molecular flexibility index (Phi) is 6.88. The molecule has 0 aliphatic rings. The molecule has 160 valence electrons. The summed E-state index contributed by atoms with van der Waals surface area (Å²) in [6, 6.07) is 5.99. The van der Waals surface area contributed by atoms with E-state index in [1.54, 1.807) is 26.8 Å². The molecule has 0 fully saturated rings. The maximum absolute atomic E-state index is 12.1. The Morgan fingerprint density at radius 3 is 2.47 bits per heavy atom. The average Bonchev–Trinajstić information content (AvgIpc) is 2.59. The van der Waals surface area contributed by atoms with Gasteiger partial charge < -0.3 is 19.1 Å². The number of rotatable bonds is 7. The minimum absolute atomic E-state index is 0.119. The Morgan fingerprint density at radius 1 is 1.20 bits per heavy atom. The summed E-state index contributed by atoms with van der Waals surface area (Å²) < 4.78 is 15.7. The number of hydrogen-bond acceptors (Lipinski definition) is 10.